The topological polar surface area (TPSA) is 72.4 Å². The monoisotopic (exact) mass is 329 g/mol. The quantitative estimate of drug-likeness (QED) is 0.904. The van der Waals surface area contributed by atoms with Crippen LogP contribution in [-0.2, 0) is 0 Å². The molecule has 0 saturated carbocycles. The van der Waals surface area contributed by atoms with Gasteiger partial charge in [-0.15, -0.1) is 5.10 Å². The fourth-order valence-corrected chi connectivity index (χ4v) is 2.83. The molecule has 2 aromatic rings. The summed E-state index contributed by atoms with van der Waals surface area (Å²) in [6.07, 6.45) is 6.66. The number of methoxy groups -OCH3 is 2. The highest BCUT2D eigenvalue weighted by atomic mass is 16.5. The van der Waals surface area contributed by atoms with Gasteiger partial charge < -0.3 is 19.7 Å². The lowest BCUT2D eigenvalue weighted by atomic mass is 10.2. The molecule has 128 valence electrons. The lowest BCUT2D eigenvalue weighted by molar-refractivity contribution is 0.405. The van der Waals surface area contributed by atoms with Crippen LogP contribution >= 0.6 is 0 Å². The minimum absolute atomic E-state index is 0.448. The first-order valence-electron chi connectivity index (χ1n) is 8.24. The Morgan fingerprint density at radius 1 is 1.04 bits per heavy atom. The second-order valence-corrected chi connectivity index (χ2v) is 5.73. The Bertz CT molecular complexity index is 672. The third-order valence-corrected chi connectivity index (χ3v) is 4.13. The van der Waals surface area contributed by atoms with Crippen molar-refractivity contribution >= 4 is 17.5 Å². The van der Waals surface area contributed by atoms with Crippen molar-refractivity contribution in [2.45, 2.75) is 25.7 Å². The van der Waals surface area contributed by atoms with Crippen molar-refractivity contribution in [1.82, 2.24) is 15.2 Å². The molecule has 0 aliphatic carbocycles. The molecule has 0 unspecified atom stereocenters. The number of rotatable bonds is 5. The van der Waals surface area contributed by atoms with E-state index in [9.17, 15) is 0 Å². The van der Waals surface area contributed by atoms with Crippen molar-refractivity contribution in [3.05, 3.63) is 24.4 Å². The van der Waals surface area contributed by atoms with Gasteiger partial charge in [0.25, 0.3) is 0 Å². The Hall–Kier alpha value is -2.57. The van der Waals surface area contributed by atoms with Crippen LogP contribution in [0.5, 0.6) is 11.5 Å². The van der Waals surface area contributed by atoms with Gasteiger partial charge in [0.1, 0.15) is 11.5 Å². The van der Waals surface area contributed by atoms with Crippen LogP contribution in [0.25, 0.3) is 0 Å². The Labute approximate surface area is 142 Å². The van der Waals surface area contributed by atoms with Crippen molar-refractivity contribution in [2.24, 2.45) is 0 Å². The fourth-order valence-electron chi connectivity index (χ4n) is 2.83. The van der Waals surface area contributed by atoms with Gasteiger partial charge in [-0.1, -0.05) is 12.8 Å². The van der Waals surface area contributed by atoms with Gasteiger partial charge in [0.05, 0.1) is 26.1 Å². The molecular formula is C17H23N5O2. The second-order valence-electron chi connectivity index (χ2n) is 5.73. The first kappa shape index (κ1) is 16.3. The molecule has 2 heterocycles. The van der Waals surface area contributed by atoms with Gasteiger partial charge in [-0.05, 0) is 25.0 Å². The van der Waals surface area contributed by atoms with Gasteiger partial charge >= 0.3 is 0 Å². The molecular weight excluding hydrogens is 306 g/mol. The first-order chi connectivity index (χ1) is 11.8. The van der Waals surface area contributed by atoms with Crippen molar-refractivity contribution in [3.63, 3.8) is 0 Å². The van der Waals surface area contributed by atoms with Crippen LogP contribution < -0.4 is 19.7 Å². The molecule has 0 radical (unpaired) electrons. The number of aromatic nitrogens is 3. The molecule has 1 aromatic heterocycles. The predicted molar refractivity (Wildman–Crippen MR) is 93.3 cm³/mol. The number of anilines is 3. The van der Waals surface area contributed by atoms with E-state index in [4.69, 9.17) is 9.47 Å². The molecule has 3 rings (SSSR count). The van der Waals surface area contributed by atoms with Crippen LogP contribution in [0, 0.1) is 0 Å². The molecule has 7 heteroatoms. The largest absolute Gasteiger partial charge is 0.497 e. The molecule has 0 spiro atoms. The maximum absolute atomic E-state index is 5.38. The van der Waals surface area contributed by atoms with Crippen LogP contribution in [0.2, 0.25) is 0 Å². The van der Waals surface area contributed by atoms with Crippen LogP contribution in [0.1, 0.15) is 25.7 Å². The van der Waals surface area contributed by atoms with E-state index in [-0.39, 0.29) is 0 Å². The number of nitrogens with one attached hydrogen (secondary N) is 1. The molecule has 0 atom stereocenters. The number of ether oxygens (including phenoxy) is 2. The van der Waals surface area contributed by atoms with Crippen molar-refractivity contribution in [3.8, 4) is 11.5 Å². The van der Waals surface area contributed by atoms with E-state index < -0.39 is 0 Å². The van der Waals surface area contributed by atoms with Gasteiger partial charge in [0.15, 0.2) is 5.82 Å². The number of hydrogen-bond acceptors (Lipinski definition) is 7. The van der Waals surface area contributed by atoms with Crippen molar-refractivity contribution in [1.29, 1.82) is 0 Å². The van der Waals surface area contributed by atoms with E-state index in [1.54, 1.807) is 20.4 Å². The van der Waals surface area contributed by atoms with Gasteiger partial charge in [-0.25, -0.2) is 0 Å². The van der Waals surface area contributed by atoms with Crippen molar-refractivity contribution < 1.29 is 9.47 Å². The number of benzene rings is 1. The molecule has 1 saturated heterocycles. The highest BCUT2D eigenvalue weighted by Gasteiger charge is 2.13. The Morgan fingerprint density at radius 2 is 1.83 bits per heavy atom. The van der Waals surface area contributed by atoms with E-state index in [2.05, 4.69) is 25.4 Å². The summed E-state index contributed by atoms with van der Waals surface area (Å²) in [5.74, 6) is 2.73. The van der Waals surface area contributed by atoms with Gasteiger partial charge in [0, 0.05) is 19.2 Å². The van der Waals surface area contributed by atoms with Crippen LogP contribution in [-0.4, -0.2) is 42.5 Å². The normalized spacial score (nSPS) is 14.8. The van der Waals surface area contributed by atoms with Gasteiger partial charge in [0.2, 0.25) is 5.95 Å². The summed E-state index contributed by atoms with van der Waals surface area (Å²) in [6.45, 7) is 2.03. The smallest absolute Gasteiger partial charge is 0.249 e. The Kier molecular flexibility index (Phi) is 5.30. The minimum atomic E-state index is 0.448. The van der Waals surface area contributed by atoms with E-state index in [0.717, 1.165) is 30.3 Å². The molecule has 24 heavy (non-hydrogen) atoms. The average molecular weight is 329 g/mol. The summed E-state index contributed by atoms with van der Waals surface area (Å²) >= 11 is 0. The van der Waals surface area contributed by atoms with E-state index >= 15 is 0 Å². The third kappa shape index (κ3) is 3.84. The van der Waals surface area contributed by atoms with Crippen LogP contribution in [0.15, 0.2) is 24.4 Å². The van der Waals surface area contributed by atoms with E-state index in [0.29, 0.717) is 11.7 Å². The molecule has 1 aliphatic rings. The molecule has 1 fully saturated rings. The highest BCUT2D eigenvalue weighted by molar-refractivity contribution is 5.65. The fraction of sp³-hybridized carbons (Fsp3) is 0.471. The lowest BCUT2D eigenvalue weighted by Gasteiger charge is -2.21. The van der Waals surface area contributed by atoms with Gasteiger partial charge in [-0.2, -0.15) is 10.1 Å². The standard InChI is InChI=1S/C17H23N5O2/c1-23-13-7-8-15(24-2)14(11-13)19-17-20-16(12-18-21-17)22-9-5-3-4-6-10-22/h7-8,11-12H,3-6,9-10H2,1-2H3,(H,19,20,21). The molecule has 1 aromatic carbocycles. The average Bonchev–Trinajstić information content (AvgIpc) is 2.91. The molecule has 7 nitrogen and oxygen atoms in total. The van der Waals surface area contributed by atoms with E-state index in [1.165, 1.54) is 25.7 Å². The lowest BCUT2D eigenvalue weighted by Crippen LogP contribution is -2.25. The number of nitrogens with zero attached hydrogens (tertiary/aromatic N) is 4. The van der Waals surface area contributed by atoms with Gasteiger partial charge in [-0.3, -0.25) is 0 Å². The summed E-state index contributed by atoms with van der Waals surface area (Å²) in [4.78, 5) is 6.88. The first-order valence-corrected chi connectivity index (χ1v) is 8.24. The minimum Gasteiger partial charge on any atom is -0.497 e. The maximum atomic E-state index is 5.38. The molecule has 0 amide bonds. The molecule has 0 bridgehead atoms. The molecule has 1 aliphatic heterocycles. The number of hydrogen-bond donors (Lipinski definition) is 1. The van der Waals surface area contributed by atoms with Crippen molar-refractivity contribution in [2.75, 3.05) is 37.5 Å². The summed E-state index contributed by atoms with van der Waals surface area (Å²) < 4.78 is 10.6. The maximum Gasteiger partial charge on any atom is 0.249 e. The SMILES string of the molecule is COc1ccc(OC)c(Nc2nncc(N3CCCCCC3)n2)c1. The second kappa shape index (κ2) is 7.81. The van der Waals surface area contributed by atoms with Crippen LogP contribution in [0.4, 0.5) is 17.5 Å². The summed E-state index contributed by atoms with van der Waals surface area (Å²) in [6, 6.07) is 5.53. The molecule has 1 N–H and O–H groups in total. The summed E-state index contributed by atoms with van der Waals surface area (Å²) in [5.41, 5.74) is 0.742. The zero-order chi connectivity index (χ0) is 16.8. The highest BCUT2D eigenvalue weighted by Crippen LogP contribution is 2.30. The zero-order valence-electron chi connectivity index (χ0n) is 14.2. The summed E-state index contributed by atoms with van der Waals surface area (Å²) in [7, 11) is 3.25. The Balaban J connectivity index is 1.81. The zero-order valence-corrected chi connectivity index (χ0v) is 14.2. The summed E-state index contributed by atoms with van der Waals surface area (Å²) in [5, 5.41) is 11.4. The van der Waals surface area contributed by atoms with Crippen LogP contribution in [0.3, 0.4) is 0 Å². The van der Waals surface area contributed by atoms with E-state index in [1.807, 2.05) is 18.2 Å². The third-order valence-electron chi connectivity index (χ3n) is 4.13. The Morgan fingerprint density at radius 3 is 2.54 bits per heavy atom. The predicted octanol–water partition coefficient (Wildman–Crippen LogP) is 3.01.